The standard InChI is InChI=1S/C24H21Br3N2O4/c1-15-11-18(26)13-20(27)23(15)33-14-22(30)28-29-24(31)19-12-17(25)7-8-21(19)32-10-9-16-5-3-2-4-6-16/h2-8,11-13H,9-10,14H2,1H3,(H,28,30)(H,29,31). The van der Waals surface area contributed by atoms with Gasteiger partial charge in [0.2, 0.25) is 0 Å². The monoisotopic (exact) mass is 638 g/mol. The minimum absolute atomic E-state index is 0.264. The van der Waals surface area contributed by atoms with Crippen LogP contribution in [0.4, 0.5) is 0 Å². The van der Waals surface area contributed by atoms with E-state index in [1.54, 1.807) is 18.2 Å². The van der Waals surface area contributed by atoms with Gasteiger partial charge in [0.15, 0.2) is 6.61 Å². The van der Waals surface area contributed by atoms with Gasteiger partial charge in [0.1, 0.15) is 11.5 Å². The van der Waals surface area contributed by atoms with E-state index in [9.17, 15) is 9.59 Å². The van der Waals surface area contributed by atoms with Crippen LogP contribution in [0.3, 0.4) is 0 Å². The second-order valence-electron chi connectivity index (χ2n) is 7.05. The highest BCUT2D eigenvalue weighted by Gasteiger charge is 2.15. The quantitative estimate of drug-likeness (QED) is 0.308. The molecule has 33 heavy (non-hydrogen) atoms. The minimum atomic E-state index is -0.501. The van der Waals surface area contributed by atoms with Gasteiger partial charge >= 0.3 is 0 Å². The number of hydrazine groups is 1. The molecule has 0 spiro atoms. The maximum Gasteiger partial charge on any atom is 0.276 e. The number of ether oxygens (including phenoxy) is 2. The highest BCUT2D eigenvalue weighted by Crippen LogP contribution is 2.32. The zero-order valence-corrected chi connectivity index (χ0v) is 22.4. The summed E-state index contributed by atoms with van der Waals surface area (Å²) in [5.74, 6) is -0.0215. The van der Waals surface area contributed by atoms with Gasteiger partial charge < -0.3 is 9.47 Å². The Balaban J connectivity index is 1.55. The third kappa shape index (κ3) is 7.58. The van der Waals surface area contributed by atoms with E-state index in [4.69, 9.17) is 9.47 Å². The second kappa shape index (κ2) is 12.2. The summed E-state index contributed by atoms with van der Waals surface area (Å²) in [6, 6.07) is 18.8. The number of amides is 2. The lowest BCUT2D eigenvalue weighted by Crippen LogP contribution is -2.44. The van der Waals surface area contributed by atoms with Gasteiger partial charge in [-0.15, -0.1) is 0 Å². The molecule has 0 aliphatic rings. The highest BCUT2D eigenvalue weighted by atomic mass is 79.9. The highest BCUT2D eigenvalue weighted by molar-refractivity contribution is 9.11. The SMILES string of the molecule is Cc1cc(Br)cc(Br)c1OCC(=O)NNC(=O)c1cc(Br)ccc1OCCc1ccccc1. The predicted molar refractivity (Wildman–Crippen MR) is 137 cm³/mol. The largest absolute Gasteiger partial charge is 0.492 e. The van der Waals surface area contributed by atoms with Crippen LogP contribution >= 0.6 is 47.8 Å². The van der Waals surface area contributed by atoms with E-state index in [1.807, 2.05) is 49.4 Å². The fraction of sp³-hybridized carbons (Fsp3) is 0.167. The summed E-state index contributed by atoms with van der Waals surface area (Å²) in [5, 5.41) is 0. The van der Waals surface area contributed by atoms with Gasteiger partial charge in [-0.3, -0.25) is 20.4 Å². The molecule has 0 heterocycles. The van der Waals surface area contributed by atoms with E-state index in [0.29, 0.717) is 34.6 Å². The average molecular weight is 641 g/mol. The molecular formula is C24H21Br3N2O4. The maximum atomic E-state index is 12.7. The van der Waals surface area contributed by atoms with Crippen molar-refractivity contribution in [1.82, 2.24) is 10.9 Å². The Morgan fingerprint density at radius 3 is 2.36 bits per heavy atom. The molecule has 3 rings (SSSR count). The lowest BCUT2D eigenvalue weighted by molar-refractivity contribution is -0.123. The van der Waals surface area contributed by atoms with Gasteiger partial charge in [-0.1, -0.05) is 62.2 Å². The number of benzene rings is 3. The first-order chi connectivity index (χ1) is 15.8. The average Bonchev–Trinajstić information content (AvgIpc) is 2.78. The molecule has 172 valence electrons. The normalized spacial score (nSPS) is 10.4. The zero-order chi connectivity index (χ0) is 23.8. The van der Waals surface area contributed by atoms with Gasteiger partial charge in [-0.25, -0.2) is 0 Å². The van der Waals surface area contributed by atoms with Crippen molar-refractivity contribution in [3.8, 4) is 11.5 Å². The summed E-state index contributed by atoms with van der Waals surface area (Å²) in [6.07, 6.45) is 0.705. The van der Waals surface area contributed by atoms with Crippen LogP contribution in [-0.4, -0.2) is 25.0 Å². The van der Waals surface area contributed by atoms with Crippen molar-refractivity contribution in [3.05, 3.63) is 90.8 Å². The molecule has 0 unspecified atom stereocenters. The Morgan fingerprint density at radius 1 is 0.879 bits per heavy atom. The van der Waals surface area contributed by atoms with Crippen molar-refractivity contribution >= 4 is 59.6 Å². The van der Waals surface area contributed by atoms with Gasteiger partial charge in [-0.05, 0) is 64.3 Å². The van der Waals surface area contributed by atoms with Crippen LogP contribution in [0.2, 0.25) is 0 Å². The molecule has 0 fully saturated rings. The lowest BCUT2D eigenvalue weighted by atomic mass is 10.1. The summed E-state index contributed by atoms with van der Waals surface area (Å²) in [5.41, 5.74) is 7.08. The van der Waals surface area contributed by atoms with Gasteiger partial charge in [0.05, 0.1) is 16.6 Å². The first-order valence-corrected chi connectivity index (χ1v) is 12.4. The zero-order valence-electron chi connectivity index (χ0n) is 17.7. The Hall–Kier alpha value is -2.36. The topological polar surface area (TPSA) is 76.7 Å². The van der Waals surface area contributed by atoms with Crippen molar-refractivity contribution in [3.63, 3.8) is 0 Å². The lowest BCUT2D eigenvalue weighted by Gasteiger charge is -2.14. The van der Waals surface area contributed by atoms with E-state index in [2.05, 4.69) is 58.6 Å². The minimum Gasteiger partial charge on any atom is -0.492 e. The first kappa shape index (κ1) is 25.3. The number of nitrogens with one attached hydrogen (secondary N) is 2. The van der Waals surface area contributed by atoms with Crippen molar-refractivity contribution in [2.75, 3.05) is 13.2 Å². The molecule has 3 aromatic carbocycles. The van der Waals surface area contributed by atoms with Crippen LogP contribution in [0.5, 0.6) is 11.5 Å². The van der Waals surface area contributed by atoms with Crippen LogP contribution in [-0.2, 0) is 11.2 Å². The van der Waals surface area contributed by atoms with E-state index in [1.165, 1.54) is 0 Å². The van der Waals surface area contributed by atoms with E-state index in [0.717, 1.165) is 20.1 Å². The molecule has 0 atom stereocenters. The molecule has 2 N–H and O–H groups in total. The Kier molecular flexibility index (Phi) is 9.34. The van der Waals surface area contributed by atoms with Crippen LogP contribution in [0.15, 0.2) is 74.1 Å². The number of aryl methyl sites for hydroxylation is 1. The number of hydrogen-bond acceptors (Lipinski definition) is 4. The Morgan fingerprint density at radius 2 is 1.64 bits per heavy atom. The number of carbonyl (C=O) groups excluding carboxylic acids is 2. The van der Waals surface area contributed by atoms with E-state index < -0.39 is 11.8 Å². The number of hydrogen-bond donors (Lipinski definition) is 2. The number of rotatable bonds is 8. The molecule has 0 aliphatic carbocycles. The second-order valence-corrected chi connectivity index (χ2v) is 9.73. The van der Waals surface area contributed by atoms with Crippen molar-refractivity contribution in [1.29, 1.82) is 0 Å². The molecule has 2 amide bonds. The summed E-state index contributed by atoms with van der Waals surface area (Å²) < 4.78 is 13.8. The van der Waals surface area contributed by atoms with Crippen LogP contribution in [0.25, 0.3) is 0 Å². The molecule has 9 heteroatoms. The Bertz CT molecular complexity index is 1120. The van der Waals surface area contributed by atoms with Gasteiger partial charge in [-0.2, -0.15) is 0 Å². The predicted octanol–water partition coefficient (Wildman–Crippen LogP) is 5.74. The molecular weight excluding hydrogens is 620 g/mol. The summed E-state index contributed by atoms with van der Waals surface area (Å²) in [4.78, 5) is 24.9. The first-order valence-electron chi connectivity index (χ1n) is 9.97. The maximum absolute atomic E-state index is 12.7. The van der Waals surface area contributed by atoms with Gasteiger partial charge in [0, 0.05) is 15.4 Å². The molecule has 3 aromatic rings. The molecule has 0 aliphatic heterocycles. The fourth-order valence-corrected chi connectivity index (χ4v) is 4.88. The number of halogens is 3. The third-order valence-corrected chi connectivity index (χ3v) is 6.07. The van der Waals surface area contributed by atoms with E-state index in [-0.39, 0.29) is 6.61 Å². The molecule has 0 radical (unpaired) electrons. The van der Waals surface area contributed by atoms with Crippen molar-refractivity contribution < 1.29 is 19.1 Å². The van der Waals surface area contributed by atoms with Crippen molar-refractivity contribution in [2.24, 2.45) is 0 Å². The van der Waals surface area contributed by atoms with Crippen LogP contribution in [0, 0.1) is 6.92 Å². The fourth-order valence-electron chi connectivity index (χ4n) is 2.97. The summed E-state index contributed by atoms with van der Waals surface area (Å²) in [7, 11) is 0. The molecule has 6 nitrogen and oxygen atoms in total. The summed E-state index contributed by atoms with van der Waals surface area (Å²) in [6.45, 7) is 2.02. The molecule has 0 aromatic heterocycles. The third-order valence-electron chi connectivity index (χ3n) is 4.53. The van der Waals surface area contributed by atoms with Gasteiger partial charge in [0.25, 0.3) is 11.8 Å². The van der Waals surface area contributed by atoms with Crippen LogP contribution in [0.1, 0.15) is 21.5 Å². The summed E-state index contributed by atoms with van der Waals surface area (Å²) >= 11 is 10.2. The van der Waals surface area contributed by atoms with E-state index >= 15 is 0 Å². The Labute approximate surface area is 217 Å². The smallest absolute Gasteiger partial charge is 0.276 e. The molecule has 0 bridgehead atoms. The van der Waals surface area contributed by atoms with Crippen LogP contribution < -0.4 is 20.3 Å². The number of carbonyl (C=O) groups is 2. The molecule has 0 saturated heterocycles. The molecule has 0 saturated carbocycles. The van der Waals surface area contributed by atoms with Crippen molar-refractivity contribution in [2.45, 2.75) is 13.3 Å².